The Balaban J connectivity index is 2.60. The van der Waals surface area contributed by atoms with Crippen molar-refractivity contribution in [3.63, 3.8) is 0 Å². The third kappa shape index (κ3) is 3.55. The van der Waals surface area contributed by atoms with E-state index in [1.807, 2.05) is 41.5 Å². The maximum Gasteiger partial charge on any atom is 0.419 e. The molecular formula is C18H23NO4. The van der Waals surface area contributed by atoms with Crippen LogP contribution in [0.2, 0.25) is 0 Å². The van der Waals surface area contributed by atoms with Crippen LogP contribution in [0, 0.1) is 6.92 Å². The number of aromatic nitrogens is 1. The molecule has 1 heterocycles. The molecule has 0 radical (unpaired) electrons. The molecule has 0 fully saturated rings. The first-order chi connectivity index (χ1) is 10.6. The van der Waals surface area contributed by atoms with E-state index >= 15 is 0 Å². The molecule has 0 N–H and O–H groups in total. The first-order valence-electron chi connectivity index (χ1n) is 7.64. The molecule has 5 heteroatoms. The van der Waals surface area contributed by atoms with Gasteiger partial charge in [-0.3, -0.25) is 9.36 Å². The predicted molar refractivity (Wildman–Crippen MR) is 89.5 cm³/mol. The van der Waals surface area contributed by atoms with Gasteiger partial charge >= 0.3 is 6.09 Å². The maximum atomic E-state index is 12.4. The zero-order valence-corrected chi connectivity index (χ0v) is 14.5. The van der Waals surface area contributed by atoms with Crippen LogP contribution in [0.3, 0.4) is 0 Å². The number of rotatable bonds is 3. The fourth-order valence-corrected chi connectivity index (χ4v) is 2.46. The average Bonchev–Trinajstić information content (AvgIpc) is 2.81. The summed E-state index contributed by atoms with van der Waals surface area (Å²) in [5, 5.41) is 0.682. The minimum atomic E-state index is -0.588. The maximum absolute atomic E-state index is 12.4. The summed E-state index contributed by atoms with van der Waals surface area (Å²) >= 11 is 0. The van der Waals surface area contributed by atoms with Crippen molar-refractivity contribution >= 4 is 23.3 Å². The summed E-state index contributed by atoms with van der Waals surface area (Å²) in [6.45, 7) is 11.1. The molecule has 5 nitrogen and oxygen atoms in total. The molecule has 0 saturated carbocycles. The zero-order valence-electron chi connectivity index (χ0n) is 14.5. The molecule has 0 aliphatic heterocycles. The first kappa shape index (κ1) is 17.1. The van der Waals surface area contributed by atoms with Gasteiger partial charge in [-0.15, -0.1) is 0 Å². The number of fused-ring (bicyclic) bond motifs is 1. The van der Waals surface area contributed by atoms with Crippen LogP contribution in [0.5, 0.6) is 5.75 Å². The summed E-state index contributed by atoms with van der Waals surface area (Å²) < 4.78 is 12.6. The van der Waals surface area contributed by atoms with Gasteiger partial charge in [0, 0.05) is 11.6 Å². The molecule has 2 rings (SSSR count). The molecule has 0 atom stereocenters. The largest absolute Gasteiger partial charge is 0.490 e. The zero-order chi connectivity index (χ0) is 17.4. The summed E-state index contributed by atoms with van der Waals surface area (Å²) in [6.07, 6.45) is 1.88. The van der Waals surface area contributed by atoms with E-state index in [-0.39, 0.29) is 6.10 Å². The van der Waals surface area contributed by atoms with E-state index in [2.05, 4.69) is 0 Å². The molecule has 0 saturated heterocycles. The van der Waals surface area contributed by atoms with E-state index in [0.29, 0.717) is 22.2 Å². The fourth-order valence-electron chi connectivity index (χ4n) is 2.46. The Morgan fingerprint density at radius 1 is 1.30 bits per heavy atom. The Morgan fingerprint density at radius 2 is 1.96 bits per heavy atom. The minimum Gasteiger partial charge on any atom is -0.490 e. The van der Waals surface area contributed by atoms with Gasteiger partial charge in [-0.2, -0.15) is 0 Å². The number of hydrogen-bond acceptors (Lipinski definition) is 4. The van der Waals surface area contributed by atoms with E-state index in [1.165, 1.54) is 4.57 Å². The Hall–Kier alpha value is -2.30. The molecule has 1 aromatic carbocycles. The quantitative estimate of drug-likeness (QED) is 0.790. The molecule has 0 spiro atoms. The monoisotopic (exact) mass is 317 g/mol. The summed E-state index contributed by atoms with van der Waals surface area (Å²) in [7, 11) is 0. The second-order valence-electron chi connectivity index (χ2n) is 6.82. The molecule has 0 aliphatic rings. The smallest absolute Gasteiger partial charge is 0.419 e. The molecule has 0 unspecified atom stereocenters. The summed E-state index contributed by atoms with van der Waals surface area (Å²) in [6, 6.07) is 3.52. The number of nitrogens with zero attached hydrogens (tertiary/aromatic N) is 1. The van der Waals surface area contributed by atoms with Gasteiger partial charge in [0.25, 0.3) is 0 Å². The van der Waals surface area contributed by atoms with Crippen LogP contribution in [-0.2, 0) is 4.74 Å². The van der Waals surface area contributed by atoms with E-state index < -0.39 is 11.7 Å². The van der Waals surface area contributed by atoms with Crippen molar-refractivity contribution in [3.8, 4) is 5.75 Å². The van der Waals surface area contributed by atoms with Crippen LogP contribution in [0.1, 0.15) is 50.5 Å². The third-order valence-electron chi connectivity index (χ3n) is 3.23. The normalized spacial score (nSPS) is 11.8. The van der Waals surface area contributed by atoms with E-state index in [0.717, 1.165) is 11.8 Å². The SMILES string of the molecule is Cc1cc(OC(C)C)c(C=O)c2ccn(C(=O)OC(C)(C)C)c12. The molecule has 1 aromatic heterocycles. The van der Waals surface area contributed by atoms with Crippen LogP contribution in [0.15, 0.2) is 18.3 Å². The lowest BCUT2D eigenvalue weighted by Gasteiger charge is -2.20. The van der Waals surface area contributed by atoms with Crippen molar-refractivity contribution < 1.29 is 19.1 Å². The highest BCUT2D eigenvalue weighted by Gasteiger charge is 2.22. The number of carbonyl (C=O) groups is 2. The highest BCUT2D eigenvalue weighted by Crippen LogP contribution is 2.32. The summed E-state index contributed by atoms with van der Waals surface area (Å²) in [4.78, 5) is 23.9. The van der Waals surface area contributed by atoms with E-state index in [9.17, 15) is 9.59 Å². The van der Waals surface area contributed by atoms with Gasteiger partial charge in [-0.05, 0) is 59.2 Å². The van der Waals surface area contributed by atoms with Crippen molar-refractivity contribution in [2.45, 2.75) is 53.2 Å². The third-order valence-corrected chi connectivity index (χ3v) is 3.23. The van der Waals surface area contributed by atoms with Crippen molar-refractivity contribution in [1.29, 1.82) is 0 Å². The lowest BCUT2D eigenvalue weighted by molar-refractivity contribution is 0.0544. The second-order valence-corrected chi connectivity index (χ2v) is 6.82. The van der Waals surface area contributed by atoms with Gasteiger partial charge in [0.2, 0.25) is 0 Å². The standard InChI is InChI=1S/C18H23NO4/c1-11(2)22-15-9-12(3)16-13(14(15)10-20)7-8-19(16)17(21)23-18(4,5)6/h7-11H,1-6H3. The molecule has 0 aliphatic carbocycles. The van der Waals surface area contributed by atoms with Gasteiger partial charge in [0.1, 0.15) is 11.4 Å². The van der Waals surface area contributed by atoms with Gasteiger partial charge in [-0.1, -0.05) is 0 Å². The topological polar surface area (TPSA) is 57.5 Å². The van der Waals surface area contributed by atoms with Crippen molar-refractivity contribution in [2.24, 2.45) is 0 Å². The summed E-state index contributed by atoms with van der Waals surface area (Å²) in [5.41, 5.74) is 1.37. The Bertz CT molecular complexity index is 750. The number of benzene rings is 1. The molecule has 2 aromatic rings. The minimum absolute atomic E-state index is 0.0431. The second kappa shape index (κ2) is 6.07. The van der Waals surface area contributed by atoms with Crippen LogP contribution < -0.4 is 4.74 Å². The Kier molecular flexibility index (Phi) is 4.50. The van der Waals surface area contributed by atoms with E-state index in [1.54, 1.807) is 18.3 Å². The number of aryl methyl sites for hydroxylation is 1. The lowest BCUT2D eigenvalue weighted by atomic mass is 10.1. The predicted octanol–water partition coefficient (Wildman–Crippen LogP) is 4.33. The average molecular weight is 317 g/mol. The first-order valence-corrected chi connectivity index (χ1v) is 7.64. The molecule has 0 bridgehead atoms. The van der Waals surface area contributed by atoms with Crippen molar-refractivity contribution in [1.82, 2.24) is 4.57 Å². The van der Waals surface area contributed by atoms with Crippen LogP contribution in [0.25, 0.3) is 10.9 Å². The highest BCUT2D eigenvalue weighted by molar-refractivity contribution is 6.03. The molecule has 23 heavy (non-hydrogen) atoms. The fraction of sp³-hybridized carbons (Fsp3) is 0.444. The van der Waals surface area contributed by atoms with Crippen molar-refractivity contribution in [2.75, 3.05) is 0 Å². The highest BCUT2D eigenvalue weighted by atomic mass is 16.6. The number of ether oxygens (including phenoxy) is 2. The Labute approximate surface area is 136 Å². The summed E-state index contributed by atoms with van der Waals surface area (Å²) in [5.74, 6) is 0.530. The Morgan fingerprint density at radius 3 is 2.48 bits per heavy atom. The molecular weight excluding hydrogens is 294 g/mol. The van der Waals surface area contributed by atoms with Crippen LogP contribution in [0.4, 0.5) is 4.79 Å². The van der Waals surface area contributed by atoms with Crippen molar-refractivity contribution in [3.05, 3.63) is 29.5 Å². The van der Waals surface area contributed by atoms with Crippen LogP contribution in [-0.4, -0.2) is 28.7 Å². The van der Waals surface area contributed by atoms with Gasteiger partial charge in [-0.25, -0.2) is 4.79 Å². The molecule has 0 amide bonds. The molecule has 124 valence electrons. The van der Waals surface area contributed by atoms with Gasteiger partial charge < -0.3 is 9.47 Å². The van der Waals surface area contributed by atoms with Gasteiger partial charge in [0.05, 0.1) is 17.2 Å². The van der Waals surface area contributed by atoms with Crippen LogP contribution >= 0.6 is 0 Å². The number of aldehydes is 1. The van der Waals surface area contributed by atoms with E-state index in [4.69, 9.17) is 9.47 Å². The number of carbonyl (C=O) groups excluding carboxylic acids is 2. The lowest BCUT2D eigenvalue weighted by Crippen LogP contribution is -2.26. The van der Waals surface area contributed by atoms with Gasteiger partial charge in [0.15, 0.2) is 6.29 Å². The number of hydrogen-bond donors (Lipinski definition) is 0.